The second-order valence-electron chi connectivity index (χ2n) is 3.79. The standard InChI is InChI=1S/C11H8BrF3O/c12-6-1-2-7-8(5-6)10(16)4-3-9(7)11(13,14)15/h1-2,5,9H,3-4H2. The van der Waals surface area contributed by atoms with Crippen molar-refractivity contribution in [2.24, 2.45) is 0 Å². The van der Waals surface area contributed by atoms with Gasteiger partial charge in [0.1, 0.15) is 0 Å². The number of hydrogen-bond acceptors (Lipinski definition) is 1. The SMILES string of the molecule is O=C1CCC(C(F)(F)F)c2ccc(Br)cc21. The second kappa shape index (κ2) is 3.87. The van der Waals surface area contributed by atoms with Crippen molar-refractivity contribution in [3.63, 3.8) is 0 Å². The number of carbonyl (C=O) groups excluding carboxylic acids is 1. The molecule has 0 spiro atoms. The molecule has 0 amide bonds. The smallest absolute Gasteiger partial charge is 0.294 e. The molecule has 1 aromatic rings. The fraction of sp³-hybridized carbons (Fsp3) is 0.364. The monoisotopic (exact) mass is 292 g/mol. The summed E-state index contributed by atoms with van der Waals surface area (Å²) in [6.45, 7) is 0. The summed E-state index contributed by atoms with van der Waals surface area (Å²) in [6, 6.07) is 4.39. The maximum absolute atomic E-state index is 12.7. The van der Waals surface area contributed by atoms with Crippen LogP contribution in [0.4, 0.5) is 13.2 Å². The highest BCUT2D eigenvalue weighted by atomic mass is 79.9. The van der Waals surface area contributed by atoms with E-state index in [0.717, 1.165) is 0 Å². The van der Waals surface area contributed by atoms with Crippen LogP contribution in [-0.2, 0) is 0 Å². The molecule has 1 aliphatic carbocycles. The van der Waals surface area contributed by atoms with Crippen molar-refractivity contribution in [3.8, 4) is 0 Å². The van der Waals surface area contributed by atoms with E-state index in [4.69, 9.17) is 0 Å². The quantitative estimate of drug-likeness (QED) is 0.704. The van der Waals surface area contributed by atoms with Gasteiger partial charge in [-0.3, -0.25) is 4.79 Å². The number of Topliss-reactive ketones (excluding diaryl/α,β-unsaturated/α-hetero) is 1. The van der Waals surface area contributed by atoms with Gasteiger partial charge in [-0.2, -0.15) is 13.2 Å². The molecule has 1 aliphatic rings. The van der Waals surface area contributed by atoms with Gasteiger partial charge in [0.15, 0.2) is 5.78 Å². The zero-order chi connectivity index (χ0) is 11.9. The van der Waals surface area contributed by atoms with E-state index in [1.165, 1.54) is 18.2 Å². The molecule has 0 saturated heterocycles. The Morgan fingerprint density at radius 3 is 2.62 bits per heavy atom. The molecule has 1 unspecified atom stereocenters. The Labute approximate surface area is 98.8 Å². The fourth-order valence-electron chi connectivity index (χ4n) is 1.98. The van der Waals surface area contributed by atoms with Crippen molar-refractivity contribution >= 4 is 21.7 Å². The van der Waals surface area contributed by atoms with Crippen molar-refractivity contribution < 1.29 is 18.0 Å². The number of hydrogen-bond donors (Lipinski definition) is 0. The Hall–Kier alpha value is -0.840. The molecule has 2 rings (SSSR count). The highest BCUT2D eigenvalue weighted by Crippen LogP contribution is 2.43. The van der Waals surface area contributed by atoms with Gasteiger partial charge in [0, 0.05) is 16.5 Å². The Morgan fingerprint density at radius 2 is 2.00 bits per heavy atom. The Kier molecular flexibility index (Phi) is 2.82. The van der Waals surface area contributed by atoms with Crippen molar-refractivity contribution in [3.05, 3.63) is 33.8 Å². The minimum Gasteiger partial charge on any atom is -0.294 e. The first-order valence-corrected chi connectivity index (χ1v) is 5.58. The van der Waals surface area contributed by atoms with Crippen LogP contribution in [0.25, 0.3) is 0 Å². The zero-order valence-corrected chi connectivity index (χ0v) is 9.73. The van der Waals surface area contributed by atoms with Crippen LogP contribution in [0.15, 0.2) is 22.7 Å². The first kappa shape index (κ1) is 11.6. The number of alkyl halides is 3. The Morgan fingerprint density at radius 1 is 1.31 bits per heavy atom. The van der Waals surface area contributed by atoms with Gasteiger partial charge in [0.25, 0.3) is 0 Å². The molecule has 0 heterocycles. The van der Waals surface area contributed by atoms with Crippen LogP contribution in [0.5, 0.6) is 0 Å². The van der Waals surface area contributed by atoms with Gasteiger partial charge in [0.2, 0.25) is 0 Å². The number of fused-ring (bicyclic) bond motifs is 1. The number of rotatable bonds is 0. The Balaban J connectivity index is 2.53. The molecule has 0 saturated carbocycles. The van der Waals surface area contributed by atoms with Gasteiger partial charge in [-0.15, -0.1) is 0 Å². The Bertz CT molecular complexity index is 439. The minimum absolute atomic E-state index is 0.0341. The summed E-state index contributed by atoms with van der Waals surface area (Å²) < 4.78 is 38.8. The molecular formula is C11H8BrF3O. The number of carbonyl (C=O) groups is 1. The predicted molar refractivity (Wildman–Crippen MR) is 56.5 cm³/mol. The van der Waals surface area contributed by atoms with Gasteiger partial charge in [-0.1, -0.05) is 22.0 Å². The number of halogens is 4. The van der Waals surface area contributed by atoms with Crippen LogP contribution in [0, 0.1) is 0 Å². The summed E-state index contributed by atoms with van der Waals surface area (Å²) in [5.41, 5.74) is 0.301. The highest BCUT2D eigenvalue weighted by Gasteiger charge is 2.44. The van der Waals surface area contributed by atoms with Crippen LogP contribution in [0.3, 0.4) is 0 Å². The normalized spacial score (nSPS) is 20.8. The summed E-state index contributed by atoms with van der Waals surface area (Å²) >= 11 is 3.15. The van der Waals surface area contributed by atoms with Crippen LogP contribution in [0.2, 0.25) is 0 Å². The molecule has 0 fully saturated rings. The van der Waals surface area contributed by atoms with E-state index in [-0.39, 0.29) is 29.8 Å². The van der Waals surface area contributed by atoms with E-state index in [0.29, 0.717) is 4.47 Å². The van der Waals surface area contributed by atoms with E-state index in [9.17, 15) is 18.0 Å². The van der Waals surface area contributed by atoms with E-state index in [1.807, 2.05) is 0 Å². The molecule has 5 heteroatoms. The summed E-state index contributed by atoms with van der Waals surface area (Å²) in [5.74, 6) is -1.72. The highest BCUT2D eigenvalue weighted by molar-refractivity contribution is 9.10. The topological polar surface area (TPSA) is 17.1 Å². The lowest BCUT2D eigenvalue weighted by molar-refractivity contribution is -0.152. The average molecular weight is 293 g/mol. The molecule has 1 nitrogen and oxygen atoms in total. The van der Waals surface area contributed by atoms with Gasteiger partial charge in [-0.05, 0) is 24.1 Å². The third-order valence-electron chi connectivity index (χ3n) is 2.75. The van der Waals surface area contributed by atoms with Crippen molar-refractivity contribution in [2.75, 3.05) is 0 Å². The van der Waals surface area contributed by atoms with E-state index in [2.05, 4.69) is 15.9 Å². The van der Waals surface area contributed by atoms with Crippen molar-refractivity contribution in [1.29, 1.82) is 0 Å². The molecular weight excluding hydrogens is 285 g/mol. The van der Waals surface area contributed by atoms with Crippen LogP contribution >= 0.6 is 15.9 Å². The summed E-state index contributed by atoms with van der Waals surface area (Å²) in [4.78, 5) is 11.5. The molecule has 0 N–H and O–H groups in total. The zero-order valence-electron chi connectivity index (χ0n) is 8.14. The van der Waals surface area contributed by atoms with Crippen molar-refractivity contribution in [1.82, 2.24) is 0 Å². The van der Waals surface area contributed by atoms with Crippen molar-refractivity contribution in [2.45, 2.75) is 24.9 Å². The number of benzene rings is 1. The number of ketones is 1. The first-order chi connectivity index (χ1) is 7.39. The van der Waals surface area contributed by atoms with E-state index >= 15 is 0 Å². The lowest BCUT2D eigenvalue weighted by Gasteiger charge is -2.26. The third-order valence-corrected chi connectivity index (χ3v) is 3.24. The van der Waals surface area contributed by atoms with Gasteiger partial charge >= 0.3 is 6.18 Å². The van der Waals surface area contributed by atoms with Crippen LogP contribution in [-0.4, -0.2) is 12.0 Å². The lowest BCUT2D eigenvalue weighted by Crippen LogP contribution is -2.27. The fourth-order valence-corrected chi connectivity index (χ4v) is 2.34. The molecule has 0 aliphatic heterocycles. The maximum Gasteiger partial charge on any atom is 0.395 e. The maximum atomic E-state index is 12.7. The molecule has 0 radical (unpaired) electrons. The van der Waals surface area contributed by atoms with Crippen LogP contribution < -0.4 is 0 Å². The molecule has 16 heavy (non-hydrogen) atoms. The largest absolute Gasteiger partial charge is 0.395 e. The molecule has 1 atom stereocenters. The molecule has 86 valence electrons. The van der Waals surface area contributed by atoms with Gasteiger partial charge in [0.05, 0.1) is 5.92 Å². The third kappa shape index (κ3) is 2.00. The van der Waals surface area contributed by atoms with Crippen LogP contribution in [0.1, 0.15) is 34.7 Å². The first-order valence-electron chi connectivity index (χ1n) is 4.79. The summed E-state index contributed by atoms with van der Waals surface area (Å²) in [5, 5.41) is 0. The van der Waals surface area contributed by atoms with E-state index in [1.54, 1.807) is 0 Å². The predicted octanol–water partition coefficient (Wildman–Crippen LogP) is 4.07. The molecule has 1 aromatic carbocycles. The van der Waals surface area contributed by atoms with Gasteiger partial charge < -0.3 is 0 Å². The summed E-state index contributed by atoms with van der Waals surface area (Å²) in [6.07, 6.45) is -4.45. The lowest BCUT2D eigenvalue weighted by atomic mass is 9.82. The van der Waals surface area contributed by atoms with Gasteiger partial charge in [-0.25, -0.2) is 0 Å². The van der Waals surface area contributed by atoms with E-state index < -0.39 is 12.1 Å². The summed E-state index contributed by atoms with van der Waals surface area (Å²) in [7, 11) is 0. The molecule has 0 bridgehead atoms. The molecule has 0 aromatic heterocycles. The minimum atomic E-state index is -4.27. The second-order valence-corrected chi connectivity index (χ2v) is 4.70. The average Bonchev–Trinajstić information content (AvgIpc) is 2.17.